The van der Waals surface area contributed by atoms with Gasteiger partial charge in [-0.1, -0.05) is 48.5 Å². The Labute approximate surface area is 366 Å². The second kappa shape index (κ2) is 21.5. The van der Waals surface area contributed by atoms with Crippen LogP contribution in [0, 0.1) is 34.1 Å². The molecule has 4 fully saturated rings. The molecule has 330 valence electrons. The third-order valence-corrected chi connectivity index (χ3v) is 16.4. The minimum atomic E-state index is -1.22. The predicted octanol–water partition coefficient (Wildman–Crippen LogP) is 8.83. The molecule has 4 saturated heterocycles. The zero-order valence-corrected chi connectivity index (χ0v) is 37.1. The Kier molecular flexibility index (Phi) is 16.2. The first kappa shape index (κ1) is 45.9. The van der Waals surface area contributed by atoms with Gasteiger partial charge in [0.15, 0.2) is 0 Å². The van der Waals surface area contributed by atoms with Crippen LogP contribution in [-0.4, -0.2) is 114 Å². The summed E-state index contributed by atoms with van der Waals surface area (Å²) in [6.45, 7) is 13.2. The summed E-state index contributed by atoms with van der Waals surface area (Å²) in [5.74, 6) is 0.406. The van der Waals surface area contributed by atoms with E-state index in [0.717, 1.165) is 86.7 Å². The summed E-state index contributed by atoms with van der Waals surface area (Å²) in [6.07, 6.45) is 7.09. The minimum Gasteiger partial charge on any atom is -0.392 e. The standard InChI is InChI=1S/C26H34F2N2O2S.C23H28F2N2S/c1-20(31)18-30-15-12-26(19-30)10-13-29(14-11-26)16-17-33(32)25(21-2-6-23(27)7-3-21)22-4-8-24(28)9-5-22;24-20-5-1-18(2-6-20)22(19-3-7-21(25)8-4-19)28-16-15-27-13-10-23(11-14-27)9-12-26-17-23/h2-9,20,25,31H,10-19H2,1H3;1-8,22,26H,9-17H2. The number of thioether (sulfide) groups is 1. The van der Waals surface area contributed by atoms with Crippen molar-refractivity contribution in [2.45, 2.75) is 62.1 Å². The van der Waals surface area contributed by atoms with Gasteiger partial charge in [0.2, 0.25) is 0 Å². The Hall–Kier alpha value is -3.10. The van der Waals surface area contributed by atoms with Crippen LogP contribution >= 0.6 is 11.8 Å². The van der Waals surface area contributed by atoms with Gasteiger partial charge in [-0.15, -0.1) is 11.8 Å². The molecule has 0 bridgehead atoms. The average molecular weight is 879 g/mol. The molecule has 0 aromatic heterocycles. The lowest BCUT2D eigenvalue weighted by Crippen LogP contribution is -2.43. The molecule has 2 atom stereocenters. The maximum Gasteiger partial charge on any atom is 0.123 e. The fraction of sp³-hybridized carbons (Fsp3) is 0.510. The van der Waals surface area contributed by atoms with Gasteiger partial charge in [-0.2, -0.15) is 0 Å². The molecule has 4 heterocycles. The van der Waals surface area contributed by atoms with Crippen LogP contribution in [0.25, 0.3) is 0 Å². The first-order valence-electron chi connectivity index (χ1n) is 22.0. The summed E-state index contributed by atoms with van der Waals surface area (Å²) in [5, 5.41) is 12.9. The number of nitrogens with one attached hydrogen (secondary N) is 1. The molecule has 0 saturated carbocycles. The Morgan fingerprint density at radius 3 is 1.49 bits per heavy atom. The number of nitrogens with zero attached hydrogens (tertiary/aromatic N) is 3. The van der Waals surface area contributed by atoms with E-state index in [2.05, 4.69) is 20.0 Å². The second-order valence-electron chi connectivity index (χ2n) is 17.9. The summed E-state index contributed by atoms with van der Waals surface area (Å²) in [4.78, 5) is 7.35. The number of hydrogen-bond donors (Lipinski definition) is 2. The molecule has 4 aromatic carbocycles. The maximum atomic E-state index is 13.5. The number of rotatable bonds is 14. The van der Waals surface area contributed by atoms with E-state index in [4.69, 9.17) is 0 Å². The number of hydrogen-bond acceptors (Lipinski definition) is 7. The summed E-state index contributed by atoms with van der Waals surface area (Å²) < 4.78 is 67.1. The van der Waals surface area contributed by atoms with Crippen LogP contribution < -0.4 is 5.32 Å². The van der Waals surface area contributed by atoms with Crippen molar-refractivity contribution in [3.8, 4) is 0 Å². The first-order valence-corrected chi connectivity index (χ1v) is 24.5. The lowest BCUT2D eigenvalue weighted by atomic mass is 9.78. The Balaban J connectivity index is 0.000000186. The van der Waals surface area contributed by atoms with Crippen molar-refractivity contribution in [3.05, 3.63) is 143 Å². The zero-order valence-electron chi connectivity index (χ0n) is 35.4. The lowest BCUT2D eigenvalue weighted by molar-refractivity contribution is 0.0966. The van der Waals surface area contributed by atoms with Gasteiger partial charge in [-0.3, -0.25) is 4.21 Å². The van der Waals surface area contributed by atoms with Gasteiger partial charge in [0.25, 0.3) is 0 Å². The summed E-state index contributed by atoms with van der Waals surface area (Å²) in [5.41, 5.74) is 4.59. The number of piperidine rings is 2. The normalized spacial score (nSPS) is 20.3. The molecule has 6 nitrogen and oxygen atoms in total. The van der Waals surface area contributed by atoms with Crippen LogP contribution in [0.2, 0.25) is 0 Å². The van der Waals surface area contributed by atoms with E-state index >= 15 is 0 Å². The number of benzene rings is 4. The third-order valence-electron chi connectivity index (χ3n) is 13.5. The van der Waals surface area contributed by atoms with Crippen LogP contribution in [0.3, 0.4) is 0 Å². The molecule has 0 radical (unpaired) electrons. The van der Waals surface area contributed by atoms with Crippen molar-refractivity contribution in [2.75, 3.05) is 83.5 Å². The monoisotopic (exact) mass is 878 g/mol. The van der Waals surface area contributed by atoms with Crippen molar-refractivity contribution in [1.29, 1.82) is 0 Å². The highest BCUT2D eigenvalue weighted by atomic mass is 32.2. The summed E-state index contributed by atoms with van der Waals surface area (Å²) >= 11 is 1.86. The topological polar surface area (TPSA) is 59.1 Å². The van der Waals surface area contributed by atoms with E-state index in [9.17, 15) is 26.9 Å². The number of β-amino-alcohol motifs (C(OH)–C–C–N with tert-alkyl or cyclic N) is 1. The van der Waals surface area contributed by atoms with Crippen LogP contribution in [0.5, 0.6) is 0 Å². The fourth-order valence-corrected chi connectivity index (χ4v) is 12.7. The molecule has 2 unspecified atom stereocenters. The van der Waals surface area contributed by atoms with Crippen LogP contribution in [0.4, 0.5) is 17.6 Å². The molecule has 4 aromatic rings. The molecule has 2 spiro atoms. The number of aliphatic hydroxyl groups excluding tert-OH is 1. The summed E-state index contributed by atoms with van der Waals surface area (Å²) in [7, 11) is -1.22. The molecule has 0 aliphatic carbocycles. The molecule has 12 heteroatoms. The molecule has 4 aliphatic heterocycles. The van der Waals surface area contributed by atoms with Crippen molar-refractivity contribution in [2.24, 2.45) is 10.8 Å². The molecular formula is C49H62F4N4O2S2. The van der Waals surface area contributed by atoms with Crippen molar-refractivity contribution in [3.63, 3.8) is 0 Å². The molecular weight excluding hydrogens is 817 g/mol. The van der Waals surface area contributed by atoms with Gasteiger partial charge in [-0.25, -0.2) is 17.6 Å². The van der Waals surface area contributed by atoms with Gasteiger partial charge in [0.05, 0.1) is 16.6 Å². The lowest BCUT2D eigenvalue weighted by Gasteiger charge is -2.39. The van der Waals surface area contributed by atoms with E-state index in [-0.39, 0.29) is 34.6 Å². The van der Waals surface area contributed by atoms with E-state index in [0.29, 0.717) is 16.6 Å². The zero-order chi connectivity index (χ0) is 42.8. The maximum absolute atomic E-state index is 13.5. The Bertz CT molecular complexity index is 1870. The van der Waals surface area contributed by atoms with Crippen LogP contribution in [0.1, 0.15) is 78.2 Å². The largest absolute Gasteiger partial charge is 0.392 e. The van der Waals surface area contributed by atoms with Gasteiger partial charge in [0.1, 0.15) is 23.3 Å². The van der Waals surface area contributed by atoms with E-state index in [1.807, 2.05) is 43.0 Å². The summed E-state index contributed by atoms with van der Waals surface area (Å²) in [6, 6.07) is 25.6. The van der Waals surface area contributed by atoms with Crippen molar-refractivity contribution in [1.82, 2.24) is 20.0 Å². The average Bonchev–Trinajstić information content (AvgIpc) is 3.89. The van der Waals surface area contributed by atoms with Crippen molar-refractivity contribution >= 4 is 22.6 Å². The molecule has 0 amide bonds. The predicted molar refractivity (Wildman–Crippen MR) is 241 cm³/mol. The van der Waals surface area contributed by atoms with Gasteiger partial charge < -0.3 is 25.1 Å². The highest BCUT2D eigenvalue weighted by molar-refractivity contribution is 7.99. The van der Waals surface area contributed by atoms with Gasteiger partial charge in [-0.05, 0) is 166 Å². The SMILES string of the molecule is CC(O)CN1CCC2(CCN(CCS(=O)C(c3ccc(F)cc3)c3ccc(F)cc3)CC2)C1.Fc1ccc(C(SCCN2CCC3(CCNC3)CC2)c2ccc(F)cc2)cc1. The van der Waals surface area contributed by atoms with E-state index in [1.54, 1.807) is 24.3 Å². The van der Waals surface area contributed by atoms with Gasteiger partial charge in [0, 0.05) is 55.0 Å². The number of halogens is 4. The van der Waals surface area contributed by atoms with E-state index in [1.165, 1.54) is 100 Å². The Morgan fingerprint density at radius 1 is 0.623 bits per heavy atom. The highest BCUT2D eigenvalue weighted by Gasteiger charge is 2.41. The molecule has 8 rings (SSSR count). The highest BCUT2D eigenvalue weighted by Crippen LogP contribution is 2.41. The Morgan fingerprint density at radius 2 is 1.05 bits per heavy atom. The van der Waals surface area contributed by atoms with Crippen LogP contribution in [0.15, 0.2) is 97.1 Å². The minimum absolute atomic E-state index is 0.0939. The number of aliphatic hydroxyl groups is 1. The fourth-order valence-electron chi connectivity index (χ4n) is 9.76. The molecule has 2 N–H and O–H groups in total. The smallest absolute Gasteiger partial charge is 0.123 e. The quantitative estimate of drug-likeness (QED) is 0.123. The third kappa shape index (κ3) is 12.8. The second-order valence-corrected chi connectivity index (χ2v) is 20.7. The first-order chi connectivity index (χ1) is 29.5. The van der Waals surface area contributed by atoms with Crippen molar-refractivity contribution < 1.29 is 26.9 Å². The van der Waals surface area contributed by atoms with Gasteiger partial charge >= 0.3 is 0 Å². The molecule has 4 aliphatic rings. The molecule has 61 heavy (non-hydrogen) atoms. The number of likely N-dealkylation sites (tertiary alicyclic amines) is 3. The van der Waals surface area contributed by atoms with E-state index < -0.39 is 16.0 Å². The van der Waals surface area contributed by atoms with Crippen LogP contribution in [-0.2, 0) is 10.8 Å².